The zero-order valence-corrected chi connectivity index (χ0v) is 11.1. The first-order chi connectivity index (χ1) is 9.22. The Morgan fingerprint density at radius 2 is 2.11 bits per heavy atom. The van der Waals surface area contributed by atoms with Gasteiger partial charge in [-0.1, -0.05) is 0 Å². The van der Waals surface area contributed by atoms with Gasteiger partial charge in [0.1, 0.15) is 19.0 Å². The van der Waals surface area contributed by atoms with Crippen molar-refractivity contribution in [2.45, 2.75) is 10.3 Å². The zero-order chi connectivity index (χ0) is 13.2. The second kappa shape index (κ2) is 4.90. The molecule has 0 aliphatic heterocycles. The average molecular weight is 296 g/mol. The summed E-state index contributed by atoms with van der Waals surface area (Å²) in [6.07, 6.45) is 4.44. The molecule has 0 fully saturated rings. The van der Waals surface area contributed by atoms with E-state index >= 15 is 0 Å². The van der Waals surface area contributed by atoms with Gasteiger partial charge in [-0.3, -0.25) is 0 Å². The molecule has 3 aromatic rings. The molecular formula is C8H6ClN9S. The highest BCUT2D eigenvalue weighted by Gasteiger charge is 2.11. The van der Waals surface area contributed by atoms with Crippen LogP contribution < -0.4 is 0 Å². The van der Waals surface area contributed by atoms with E-state index in [1.54, 1.807) is 10.9 Å². The molecule has 0 spiro atoms. The van der Waals surface area contributed by atoms with Crippen molar-refractivity contribution in [2.75, 3.05) is 0 Å². The topological polar surface area (TPSA) is 100 Å². The fraction of sp³-hybridized carbons (Fsp3) is 0.125. The predicted molar refractivity (Wildman–Crippen MR) is 64.9 cm³/mol. The predicted octanol–water partition coefficient (Wildman–Crippen LogP) is 0.385. The van der Waals surface area contributed by atoms with Crippen LogP contribution in [0.25, 0.3) is 5.95 Å². The van der Waals surface area contributed by atoms with Crippen LogP contribution in [0.4, 0.5) is 0 Å². The third-order valence-electron chi connectivity index (χ3n) is 2.05. The summed E-state index contributed by atoms with van der Waals surface area (Å²) in [5.41, 5.74) is 0. The molecule has 0 aromatic carbocycles. The van der Waals surface area contributed by atoms with Gasteiger partial charge in [0.15, 0.2) is 5.16 Å². The molecular weight excluding hydrogens is 290 g/mol. The number of hydrogen-bond acceptors (Lipinski definition) is 8. The number of nitrogens with zero attached hydrogens (tertiary/aromatic N) is 9. The molecule has 0 aliphatic carbocycles. The molecule has 3 aromatic heterocycles. The van der Waals surface area contributed by atoms with Crippen LogP contribution in [0.2, 0.25) is 5.28 Å². The van der Waals surface area contributed by atoms with Crippen molar-refractivity contribution < 1.29 is 0 Å². The monoisotopic (exact) mass is 295 g/mol. The van der Waals surface area contributed by atoms with Crippen LogP contribution in [0.3, 0.4) is 0 Å². The highest BCUT2D eigenvalue weighted by molar-refractivity contribution is 7.99. The van der Waals surface area contributed by atoms with Crippen molar-refractivity contribution in [1.29, 1.82) is 0 Å². The van der Waals surface area contributed by atoms with Gasteiger partial charge in [-0.2, -0.15) is 24.7 Å². The summed E-state index contributed by atoms with van der Waals surface area (Å²) in [5.74, 6) is 0.294. The largest absolute Gasteiger partial charge is 0.311 e. The number of rotatable bonds is 3. The minimum absolute atomic E-state index is 0.0742. The van der Waals surface area contributed by atoms with Crippen LogP contribution in [0.15, 0.2) is 29.3 Å². The second-order valence-electron chi connectivity index (χ2n) is 3.35. The Morgan fingerprint density at radius 1 is 1.21 bits per heavy atom. The molecule has 0 amide bonds. The van der Waals surface area contributed by atoms with E-state index in [4.69, 9.17) is 11.6 Å². The minimum Gasteiger partial charge on any atom is -0.311 e. The van der Waals surface area contributed by atoms with Crippen molar-refractivity contribution in [3.63, 3.8) is 0 Å². The van der Waals surface area contributed by atoms with E-state index in [-0.39, 0.29) is 5.28 Å². The van der Waals surface area contributed by atoms with Gasteiger partial charge in [0.05, 0.1) is 0 Å². The maximum atomic E-state index is 5.87. The molecule has 96 valence electrons. The molecule has 0 saturated carbocycles. The van der Waals surface area contributed by atoms with Crippen LogP contribution in [0.5, 0.6) is 0 Å². The number of aromatic nitrogens is 9. The first-order valence-electron chi connectivity index (χ1n) is 5.01. The van der Waals surface area contributed by atoms with Gasteiger partial charge in [0.25, 0.3) is 5.95 Å². The lowest BCUT2D eigenvalue weighted by Crippen LogP contribution is -2.05. The van der Waals surface area contributed by atoms with Crippen LogP contribution in [-0.2, 0) is 7.05 Å². The number of halogens is 1. The molecule has 0 atom stereocenters. The Balaban J connectivity index is 1.96. The van der Waals surface area contributed by atoms with Crippen molar-refractivity contribution >= 4 is 23.4 Å². The van der Waals surface area contributed by atoms with Gasteiger partial charge in [-0.15, -0.1) is 10.2 Å². The summed E-state index contributed by atoms with van der Waals surface area (Å²) in [5, 5.41) is 12.8. The van der Waals surface area contributed by atoms with Gasteiger partial charge in [0, 0.05) is 7.05 Å². The quantitative estimate of drug-likeness (QED) is 0.684. The van der Waals surface area contributed by atoms with Crippen LogP contribution in [-0.4, -0.2) is 44.5 Å². The normalized spacial score (nSPS) is 10.8. The van der Waals surface area contributed by atoms with Crippen molar-refractivity contribution in [2.24, 2.45) is 7.05 Å². The molecule has 0 bridgehead atoms. The summed E-state index contributed by atoms with van der Waals surface area (Å²) in [6, 6.07) is 0. The standard InChI is InChI=1S/C8H6ClN9S/c1-17-4-11-16-8(17)19-7-14-5(9)13-6(15-7)18-3-10-2-12-18/h2-4H,1H3. The van der Waals surface area contributed by atoms with E-state index in [9.17, 15) is 0 Å². The smallest absolute Gasteiger partial charge is 0.257 e. The highest BCUT2D eigenvalue weighted by Crippen LogP contribution is 2.22. The molecule has 11 heteroatoms. The third-order valence-corrected chi connectivity index (χ3v) is 3.14. The van der Waals surface area contributed by atoms with Gasteiger partial charge in [-0.05, 0) is 23.4 Å². The fourth-order valence-corrected chi connectivity index (χ4v) is 2.14. The summed E-state index contributed by atoms with van der Waals surface area (Å²) in [4.78, 5) is 16.0. The SMILES string of the molecule is Cn1cnnc1Sc1nc(Cl)nc(-n2cncn2)n1. The maximum absolute atomic E-state index is 5.87. The first kappa shape index (κ1) is 12.0. The summed E-state index contributed by atoms with van der Waals surface area (Å²) >= 11 is 7.09. The molecule has 0 aliphatic rings. The summed E-state index contributed by atoms with van der Waals surface area (Å²) in [7, 11) is 1.82. The first-order valence-corrected chi connectivity index (χ1v) is 6.20. The summed E-state index contributed by atoms with van der Waals surface area (Å²) in [6.45, 7) is 0. The zero-order valence-electron chi connectivity index (χ0n) is 9.54. The van der Waals surface area contributed by atoms with Crippen LogP contribution >= 0.6 is 23.4 Å². The van der Waals surface area contributed by atoms with E-state index < -0.39 is 0 Å². The molecule has 0 unspecified atom stereocenters. The Morgan fingerprint density at radius 3 is 2.79 bits per heavy atom. The molecule has 3 heterocycles. The van der Waals surface area contributed by atoms with E-state index in [1.807, 2.05) is 7.05 Å². The molecule has 19 heavy (non-hydrogen) atoms. The number of aryl methyl sites for hydroxylation is 1. The molecule has 3 rings (SSSR count). The van der Waals surface area contributed by atoms with E-state index in [0.717, 1.165) is 0 Å². The van der Waals surface area contributed by atoms with Gasteiger partial charge in [0.2, 0.25) is 10.4 Å². The molecule has 0 radical (unpaired) electrons. The number of hydrogen-bond donors (Lipinski definition) is 0. The Bertz CT molecular complexity index is 694. The van der Waals surface area contributed by atoms with Gasteiger partial charge >= 0.3 is 0 Å². The molecule has 9 nitrogen and oxygen atoms in total. The minimum atomic E-state index is 0.0742. The van der Waals surface area contributed by atoms with Crippen LogP contribution in [0, 0.1) is 0 Å². The maximum Gasteiger partial charge on any atom is 0.257 e. The van der Waals surface area contributed by atoms with Crippen molar-refractivity contribution in [1.82, 2.24) is 44.5 Å². The van der Waals surface area contributed by atoms with Crippen molar-refractivity contribution in [3.8, 4) is 5.95 Å². The lowest BCUT2D eigenvalue weighted by molar-refractivity contribution is 0.749. The lowest BCUT2D eigenvalue weighted by atomic mass is 10.9. The van der Waals surface area contributed by atoms with E-state index in [2.05, 4.69) is 35.2 Å². The molecule has 0 saturated heterocycles. The van der Waals surface area contributed by atoms with Gasteiger partial charge in [-0.25, -0.2) is 4.98 Å². The Kier molecular flexibility index (Phi) is 3.09. The Labute approximate surface area is 116 Å². The Hall–Kier alpha value is -2.07. The third kappa shape index (κ3) is 2.53. The fourth-order valence-electron chi connectivity index (χ4n) is 1.23. The second-order valence-corrected chi connectivity index (χ2v) is 4.63. The highest BCUT2D eigenvalue weighted by atomic mass is 35.5. The van der Waals surface area contributed by atoms with Crippen molar-refractivity contribution in [3.05, 3.63) is 24.3 Å². The van der Waals surface area contributed by atoms with E-state index in [0.29, 0.717) is 16.3 Å². The van der Waals surface area contributed by atoms with Crippen LogP contribution in [0.1, 0.15) is 0 Å². The van der Waals surface area contributed by atoms with Gasteiger partial charge < -0.3 is 4.57 Å². The average Bonchev–Trinajstić information content (AvgIpc) is 3.01. The summed E-state index contributed by atoms with van der Waals surface area (Å²) < 4.78 is 3.14. The van der Waals surface area contributed by atoms with E-state index in [1.165, 1.54) is 29.1 Å². The molecule has 0 N–H and O–H groups in total. The lowest BCUT2D eigenvalue weighted by Gasteiger charge is -2.02.